The highest BCUT2D eigenvalue weighted by Gasteiger charge is 2.06. The molecule has 0 aliphatic rings. The van der Waals surface area contributed by atoms with Gasteiger partial charge in [-0.25, -0.2) is 0 Å². The molecule has 0 aliphatic carbocycles. The molecule has 0 saturated carbocycles. The van der Waals surface area contributed by atoms with Gasteiger partial charge in [-0.1, -0.05) is 69.7 Å². The van der Waals surface area contributed by atoms with Crippen molar-refractivity contribution >= 4 is 5.91 Å². The van der Waals surface area contributed by atoms with Crippen LogP contribution in [-0.4, -0.2) is 5.91 Å². The Balaban J connectivity index is 0.00000264. The zero-order valence-corrected chi connectivity index (χ0v) is 13.7. The third-order valence-corrected chi connectivity index (χ3v) is 3.74. The number of rotatable bonds is 6. The fourth-order valence-corrected chi connectivity index (χ4v) is 2.41. The summed E-state index contributed by atoms with van der Waals surface area (Å²) in [4.78, 5) is 11.7. The van der Waals surface area contributed by atoms with Crippen LogP contribution in [0.2, 0.25) is 0 Å². The number of benzene rings is 2. The van der Waals surface area contributed by atoms with Crippen LogP contribution in [0, 0.1) is 5.92 Å². The standard InChI is InChI=1S/C20H25NO.H2/c1-4-6-16-9-11-18(12-10-16)19-8-5-7-17(13-19)14-21-20(22)15(2)3;/h5,7-13,15H,4,6,14H2,1-3H3,(H,21,22);1H. The average molecular weight is 297 g/mol. The van der Waals surface area contributed by atoms with Gasteiger partial charge in [0.25, 0.3) is 0 Å². The number of amides is 1. The highest BCUT2D eigenvalue weighted by molar-refractivity contribution is 5.77. The molecule has 0 unspecified atom stereocenters. The SMILES string of the molecule is CCCc1ccc(-c2cccc(CNC(=O)C(C)C)c2)cc1.[HH]. The molecule has 0 fully saturated rings. The van der Waals surface area contributed by atoms with E-state index in [4.69, 9.17) is 0 Å². The van der Waals surface area contributed by atoms with Gasteiger partial charge < -0.3 is 5.32 Å². The number of nitrogens with one attached hydrogen (secondary N) is 1. The summed E-state index contributed by atoms with van der Waals surface area (Å²) in [6, 6.07) is 17.1. The van der Waals surface area contributed by atoms with Crippen LogP contribution in [0.1, 0.15) is 39.7 Å². The van der Waals surface area contributed by atoms with Gasteiger partial charge in [0, 0.05) is 13.9 Å². The van der Waals surface area contributed by atoms with Crippen molar-refractivity contribution < 1.29 is 6.22 Å². The monoisotopic (exact) mass is 297 g/mol. The Hall–Kier alpha value is -2.09. The van der Waals surface area contributed by atoms with Gasteiger partial charge in [-0.05, 0) is 34.7 Å². The summed E-state index contributed by atoms with van der Waals surface area (Å²) >= 11 is 0. The highest BCUT2D eigenvalue weighted by atomic mass is 16.1. The van der Waals surface area contributed by atoms with Crippen LogP contribution in [0.15, 0.2) is 48.5 Å². The van der Waals surface area contributed by atoms with Crippen molar-refractivity contribution in [1.29, 1.82) is 0 Å². The maximum atomic E-state index is 11.7. The van der Waals surface area contributed by atoms with Crippen molar-refractivity contribution in [3.8, 4) is 11.1 Å². The Bertz CT molecular complexity index is 620. The van der Waals surface area contributed by atoms with Crippen LogP contribution in [0.4, 0.5) is 0 Å². The molecule has 2 aromatic rings. The minimum Gasteiger partial charge on any atom is -0.352 e. The van der Waals surface area contributed by atoms with Crippen molar-refractivity contribution in [3.63, 3.8) is 0 Å². The number of hydrogen-bond acceptors (Lipinski definition) is 1. The van der Waals surface area contributed by atoms with E-state index in [-0.39, 0.29) is 13.3 Å². The summed E-state index contributed by atoms with van der Waals surface area (Å²) in [6.07, 6.45) is 2.30. The fourth-order valence-electron chi connectivity index (χ4n) is 2.41. The smallest absolute Gasteiger partial charge is 0.222 e. The topological polar surface area (TPSA) is 29.1 Å². The van der Waals surface area contributed by atoms with Gasteiger partial charge in [0.05, 0.1) is 0 Å². The minimum absolute atomic E-state index is 0. The molecular weight excluding hydrogens is 270 g/mol. The first-order chi connectivity index (χ1) is 10.6. The molecular formula is C20H27NO. The molecule has 0 aliphatic heterocycles. The molecule has 118 valence electrons. The van der Waals surface area contributed by atoms with Crippen LogP contribution in [-0.2, 0) is 17.8 Å². The lowest BCUT2D eigenvalue weighted by molar-refractivity contribution is -0.124. The Kier molecular flexibility index (Phi) is 5.76. The lowest BCUT2D eigenvalue weighted by Gasteiger charge is -2.09. The largest absolute Gasteiger partial charge is 0.352 e. The molecule has 1 N–H and O–H groups in total. The van der Waals surface area contributed by atoms with Crippen molar-refractivity contribution in [1.82, 2.24) is 5.32 Å². The Morgan fingerprint density at radius 2 is 1.77 bits per heavy atom. The van der Waals surface area contributed by atoms with E-state index in [0.717, 1.165) is 12.0 Å². The van der Waals surface area contributed by atoms with Gasteiger partial charge in [0.1, 0.15) is 0 Å². The van der Waals surface area contributed by atoms with Gasteiger partial charge in [0.2, 0.25) is 5.91 Å². The van der Waals surface area contributed by atoms with E-state index in [0.29, 0.717) is 6.54 Å². The minimum atomic E-state index is 0. The first-order valence-corrected chi connectivity index (χ1v) is 8.06. The summed E-state index contributed by atoms with van der Waals surface area (Å²) in [5.41, 5.74) is 4.92. The van der Waals surface area contributed by atoms with E-state index in [9.17, 15) is 4.79 Å². The normalized spacial score (nSPS) is 10.7. The second kappa shape index (κ2) is 7.79. The van der Waals surface area contributed by atoms with Gasteiger partial charge in [-0.3, -0.25) is 4.79 Å². The van der Waals surface area contributed by atoms with E-state index in [1.165, 1.54) is 23.1 Å². The van der Waals surface area contributed by atoms with Crippen LogP contribution in [0.5, 0.6) is 0 Å². The first kappa shape index (κ1) is 16.3. The molecule has 0 saturated heterocycles. The second-order valence-electron chi connectivity index (χ2n) is 6.02. The zero-order valence-electron chi connectivity index (χ0n) is 13.7. The highest BCUT2D eigenvalue weighted by Crippen LogP contribution is 2.21. The zero-order chi connectivity index (χ0) is 15.9. The van der Waals surface area contributed by atoms with Gasteiger partial charge in [-0.2, -0.15) is 0 Å². The van der Waals surface area contributed by atoms with E-state index >= 15 is 0 Å². The Morgan fingerprint density at radius 1 is 1.05 bits per heavy atom. The number of carbonyl (C=O) groups excluding carboxylic acids is 1. The molecule has 2 nitrogen and oxygen atoms in total. The molecule has 2 rings (SSSR count). The lowest BCUT2D eigenvalue weighted by atomic mass is 10.0. The van der Waals surface area contributed by atoms with Gasteiger partial charge >= 0.3 is 0 Å². The van der Waals surface area contributed by atoms with Crippen LogP contribution >= 0.6 is 0 Å². The molecule has 0 aromatic heterocycles. The van der Waals surface area contributed by atoms with Crippen LogP contribution < -0.4 is 5.32 Å². The predicted octanol–water partition coefficient (Wildman–Crippen LogP) is 4.82. The van der Waals surface area contributed by atoms with Crippen molar-refractivity contribution in [2.24, 2.45) is 5.92 Å². The summed E-state index contributed by atoms with van der Waals surface area (Å²) in [5, 5.41) is 2.96. The summed E-state index contributed by atoms with van der Waals surface area (Å²) in [6.45, 7) is 6.59. The molecule has 0 bridgehead atoms. The van der Waals surface area contributed by atoms with Gasteiger partial charge in [0.15, 0.2) is 0 Å². The molecule has 1 amide bonds. The Labute approximate surface area is 135 Å². The first-order valence-electron chi connectivity index (χ1n) is 8.06. The molecule has 0 spiro atoms. The van der Waals surface area contributed by atoms with E-state index in [2.05, 4.69) is 54.7 Å². The Morgan fingerprint density at radius 3 is 2.41 bits per heavy atom. The van der Waals surface area contributed by atoms with Crippen LogP contribution in [0.3, 0.4) is 0 Å². The second-order valence-corrected chi connectivity index (χ2v) is 6.02. The predicted molar refractivity (Wildman–Crippen MR) is 94.7 cm³/mol. The third-order valence-electron chi connectivity index (χ3n) is 3.74. The van der Waals surface area contributed by atoms with E-state index < -0.39 is 0 Å². The number of hydrogen-bond donors (Lipinski definition) is 1. The van der Waals surface area contributed by atoms with Crippen molar-refractivity contribution in [2.75, 3.05) is 0 Å². The molecule has 0 atom stereocenters. The maximum Gasteiger partial charge on any atom is 0.222 e. The molecule has 0 radical (unpaired) electrons. The maximum absolute atomic E-state index is 11.7. The molecule has 0 heterocycles. The lowest BCUT2D eigenvalue weighted by Crippen LogP contribution is -2.27. The molecule has 2 aromatic carbocycles. The molecule has 22 heavy (non-hydrogen) atoms. The molecule has 2 heteroatoms. The summed E-state index contributed by atoms with van der Waals surface area (Å²) in [5.74, 6) is 0.114. The average Bonchev–Trinajstić information content (AvgIpc) is 2.54. The number of carbonyl (C=O) groups is 1. The third kappa shape index (κ3) is 4.45. The van der Waals surface area contributed by atoms with Crippen LogP contribution in [0.25, 0.3) is 11.1 Å². The summed E-state index contributed by atoms with van der Waals surface area (Å²) < 4.78 is 0. The fraction of sp³-hybridized carbons (Fsp3) is 0.350. The van der Waals surface area contributed by atoms with E-state index in [1.807, 2.05) is 19.9 Å². The summed E-state index contributed by atoms with van der Waals surface area (Å²) in [7, 11) is 0. The van der Waals surface area contributed by atoms with Crippen molar-refractivity contribution in [3.05, 3.63) is 59.7 Å². The van der Waals surface area contributed by atoms with Crippen molar-refractivity contribution in [2.45, 2.75) is 40.2 Å². The van der Waals surface area contributed by atoms with Gasteiger partial charge in [-0.15, -0.1) is 0 Å². The number of aryl methyl sites for hydroxylation is 1. The van der Waals surface area contributed by atoms with E-state index in [1.54, 1.807) is 0 Å². The quantitative estimate of drug-likeness (QED) is 0.813.